The van der Waals surface area contributed by atoms with Crippen LogP contribution in [0.2, 0.25) is 0 Å². The third-order valence-corrected chi connectivity index (χ3v) is 4.34. The Morgan fingerprint density at radius 1 is 1.05 bits per heavy atom. The first-order valence-electron chi connectivity index (χ1n) is 7.41. The Bertz CT molecular complexity index is 591. The van der Waals surface area contributed by atoms with Crippen LogP contribution in [0, 0.1) is 0 Å². The maximum atomic E-state index is 5.87. The molecule has 0 saturated heterocycles. The van der Waals surface area contributed by atoms with E-state index < -0.39 is 0 Å². The number of rotatable bonds is 3. The van der Waals surface area contributed by atoms with Gasteiger partial charge in [-0.05, 0) is 42.5 Å². The molecule has 1 unspecified atom stereocenters. The molecule has 2 N–H and O–H groups in total. The summed E-state index contributed by atoms with van der Waals surface area (Å²) in [6.45, 7) is 3.88. The molecule has 0 bridgehead atoms. The average Bonchev–Trinajstić information content (AvgIpc) is 2.50. The largest absolute Gasteiger partial charge is 0.364 e. The molecule has 0 fully saturated rings. The minimum Gasteiger partial charge on any atom is -0.364 e. The minimum atomic E-state index is 0.579. The quantitative estimate of drug-likeness (QED) is 0.921. The summed E-state index contributed by atoms with van der Waals surface area (Å²) in [7, 11) is 0. The minimum absolute atomic E-state index is 0.579. The van der Waals surface area contributed by atoms with Crippen molar-refractivity contribution in [1.29, 1.82) is 0 Å². The number of fused-ring (bicyclic) bond motifs is 1. The van der Waals surface area contributed by atoms with Crippen molar-refractivity contribution < 1.29 is 0 Å². The summed E-state index contributed by atoms with van der Waals surface area (Å²) in [5.74, 6) is 0. The van der Waals surface area contributed by atoms with Gasteiger partial charge in [-0.25, -0.2) is 0 Å². The fraction of sp³-hybridized carbons (Fsp3) is 0.333. The van der Waals surface area contributed by atoms with E-state index in [2.05, 4.69) is 60.4 Å². The fourth-order valence-electron chi connectivity index (χ4n) is 3.10. The van der Waals surface area contributed by atoms with Crippen LogP contribution >= 0.6 is 0 Å². The highest BCUT2D eigenvalue weighted by atomic mass is 15.2. The van der Waals surface area contributed by atoms with Crippen molar-refractivity contribution in [3.63, 3.8) is 0 Å². The third-order valence-electron chi connectivity index (χ3n) is 4.34. The Labute approximate surface area is 121 Å². The van der Waals surface area contributed by atoms with Crippen molar-refractivity contribution in [3.05, 3.63) is 65.2 Å². The van der Waals surface area contributed by atoms with Gasteiger partial charge in [0.2, 0.25) is 0 Å². The van der Waals surface area contributed by atoms with Crippen molar-refractivity contribution in [2.24, 2.45) is 5.73 Å². The summed E-state index contributed by atoms with van der Waals surface area (Å²) in [6, 6.07) is 17.9. The van der Waals surface area contributed by atoms with Gasteiger partial charge < -0.3 is 10.6 Å². The Kier molecular flexibility index (Phi) is 3.75. The first-order chi connectivity index (χ1) is 9.79. The van der Waals surface area contributed by atoms with Crippen LogP contribution in [0.1, 0.15) is 30.0 Å². The van der Waals surface area contributed by atoms with E-state index in [9.17, 15) is 0 Å². The molecule has 1 heterocycles. The number of hydrogen-bond acceptors (Lipinski definition) is 2. The maximum Gasteiger partial charge on any atom is 0.0435 e. The van der Waals surface area contributed by atoms with Crippen LogP contribution in [0.5, 0.6) is 0 Å². The topological polar surface area (TPSA) is 29.3 Å². The van der Waals surface area contributed by atoms with Crippen LogP contribution in [0.4, 0.5) is 5.69 Å². The van der Waals surface area contributed by atoms with Crippen LogP contribution in [0.15, 0.2) is 48.5 Å². The second-order valence-corrected chi connectivity index (χ2v) is 5.62. The molecule has 0 spiro atoms. The highest BCUT2D eigenvalue weighted by Gasteiger charge is 2.23. The van der Waals surface area contributed by atoms with Crippen molar-refractivity contribution in [1.82, 2.24) is 0 Å². The van der Waals surface area contributed by atoms with Gasteiger partial charge in [0.05, 0.1) is 0 Å². The van der Waals surface area contributed by atoms with Crippen molar-refractivity contribution >= 4 is 5.69 Å². The Hall–Kier alpha value is -1.80. The molecule has 0 saturated carbocycles. The van der Waals surface area contributed by atoms with E-state index in [1.807, 2.05) is 0 Å². The predicted octanol–water partition coefficient (Wildman–Crippen LogP) is 3.49. The maximum absolute atomic E-state index is 5.87. The van der Waals surface area contributed by atoms with E-state index in [4.69, 9.17) is 5.73 Å². The first kappa shape index (κ1) is 13.2. The molecule has 0 aromatic heterocycles. The lowest BCUT2D eigenvalue weighted by Crippen LogP contribution is -2.37. The zero-order chi connectivity index (χ0) is 13.9. The second kappa shape index (κ2) is 5.68. The number of aryl methyl sites for hydroxylation is 1. The van der Waals surface area contributed by atoms with E-state index in [1.54, 1.807) is 0 Å². The molecule has 2 aromatic carbocycles. The lowest BCUT2D eigenvalue weighted by Gasteiger charge is -2.37. The van der Waals surface area contributed by atoms with E-state index in [0.29, 0.717) is 12.6 Å². The molecule has 2 nitrogen and oxygen atoms in total. The zero-order valence-corrected chi connectivity index (χ0v) is 12.0. The number of nitrogens with zero attached hydrogens (tertiary/aromatic N) is 1. The molecule has 0 radical (unpaired) electrons. The van der Waals surface area contributed by atoms with Crippen LogP contribution in [-0.4, -0.2) is 6.04 Å². The monoisotopic (exact) mass is 266 g/mol. The van der Waals surface area contributed by atoms with Gasteiger partial charge in [0.25, 0.3) is 0 Å². The summed E-state index contributed by atoms with van der Waals surface area (Å²) in [6.07, 6.45) is 2.41. The lowest BCUT2D eigenvalue weighted by atomic mass is 9.95. The molecule has 2 heteroatoms. The predicted molar refractivity (Wildman–Crippen MR) is 84.7 cm³/mol. The van der Waals surface area contributed by atoms with Gasteiger partial charge in [0.1, 0.15) is 0 Å². The highest BCUT2D eigenvalue weighted by molar-refractivity contribution is 5.57. The molecule has 1 aliphatic heterocycles. The lowest BCUT2D eigenvalue weighted by molar-refractivity contribution is 0.559. The Balaban J connectivity index is 1.94. The summed E-state index contributed by atoms with van der Waals surface area (Å²) in [4.78, 5) is 2.52. The van der Waals surface area contributed by atoms with Gasteiger partial charge in [0, 0.05) is 24.8 Å². The van der Waals surface area contributed by atoms with Crippen LogP contribution in [0.3, 0.4) is 0 Å². The molecule has 1 aliphatic rings. The zero-order valence-electron chi connectivity index (χ0n) is 12.0. The summed E-state index contributed by atoms with van der Waals surface area (Å²) in [5, 5.41) is 0. The molecular formula is C18H22N2. The van der Waals surface area contributed by atoms with Crippen molar-refractivity contribution in [2.45, 2.75) is 38.9 Å². The first-order valence-corrected chi connectivity index (χ1v) is 7.41. The van der Waals surface area contributed by atoms with Gasteiger partial charge in [-0.1, -0.05) is 42.5 Å². The Morgan fingerprint density at radius 2 is 1.75 bits per heavy atom. The summed E-state index contributed by atoms with van der Waals surface area (Å²) in [5.41, 5.74) is 11.3. The van der Waals surface area contributed by atoms with Gasteiger partial charge in [-0.2, -0.15) is 0 Å². The molecule has 3 rings (SSSR count). The Morgan fingerprint density at radius 3 is 2.55 bits per heavy atom. The normalized spacial score (nSPS) is 17.9. The van der Waals surface area contributed by atoms with Gasteiger partial charge in [-0.15, -0.1) is 0 Å². The van der Waals surface area contributed by atoms with Crippen LogP contribution < -0.4 is 10.6 Å². The van der Waals surface area contributed by atoms with E-state index in [0.717, 1.165) is 6.54 Å². The third kappa shape index (κ3) is 2.44. The van der Waals surface area contributed by atoms with Crippen molar-refractivity contribution in [2.75, 3.05) is 4.90 Å². The van der Waals surface area contributed by atoms with Gasteiger partial charge >= 0.3 is 0 Å². The number of hydrogen-bond donors (Lipinski definition) is 1. The number of benzene rings is 2. The highest BCUT2D eigenvalue weighted by Crippen LogP contribution is 2.32. The molecular weight excluding hydrogens is 244 g/mol. The molecule has 1 atom stereocenters. The van der Waals surface area contributed by atoms with E-state index in [1.165, 1.54) is 35.2 Å². The molecule has 20 heavy (non-hydrogen) atoms. The molecule has 2 aromatic rings. The number of para-hydroxylation sites is 1. The second-order valence-electron chi connectivity index (χ2n) is 5.62. The smallest absolute Gasteiger partial charge is 0.0435 e. The summed E-state index contributed by atoms with van der Waals surface area (Å²) < 4.78 is 0. The average molecular weight is 266 g/mol. The number of anilines is 1. The number of nitrogens with two attached hydrogens (primary N) is 1. The van der Waals surface area contributed by atoms with Crippen LogP contribution in [0.25, 0.3) is 0 Å². The SMILES string of the molecule is CC1CCc2ccccc2N1Cc1ccccc1CN. The standard InChI is InChI=1S/C18H22N2/c1-14-10-11-15-6-4-5-9-18(15)20(14)13-17-8-3-2-7-16(17)12-19/h2-9,14H,10-13,19H2,1H3. The van der Waals surface area contributed by atoms with E-state index in [-0.39, 0.29) is 0 Å². The molecule has 0 amide bonds. The van der Waals surface area contributed by atoms with Gasteiger partial charge in [-0.3, -0.25) is 0 Å². The molecule has 0 aliphatic carbocycles. The summed E-state index contributed by atoms with van der Waals surface area (Å²) >= 11 is 0. The van der Waals surface area contributed by atoms with Gasteiger partial charge in [0.15, 0.2) is 0 Å². The molecule has 104 valence electrons. The van der Waals surface area contributed by atoms with E-state index >= 15 is 0 Å². The van der Waals surface area contributed by atoms with Crippen molar-refractivity contribution in [3.8, 4) is 0 Å². The fourth-order valence-corrected chi connectivity index (χ4v) is 3.10. The van der Waals surface area contributed by atoms with Crippen LogP contribution in [-0.2, 0) is 19.5 Å².